The van der Waals surface area contributed by atoms with Gasteiger partial charge in [-0.2, -0.15) is 11.8 Å². The van der Waals surface area contributed by atoms with Gasteiger partial charge in [-0.05, 0) is 50.6 Å². The first-order chi connectivity index (χ1) is 9.54. The average Bonchev–Trinajstić information content (AvgIpc) is 2.42. The summed E-state index contributed by atoms with van der Waals surface area (Å²) in [4.78, 5) is 2.44. The van der Waals surface area contributed by atoms with Gasteiger partial charge in [-0.3, -0.25) is 0 Å². The highest BCUT2D eigenvalue weighted by molar-refractivity contribution is 7.99. The van der Waals surface area contributed by atoms with Crippen LogP contribution in [0.15, 0.2) is 12.1 Å². The van der Waals surface area contributed by atoms with E-state index in [2.05, 4.69) is 31.0 Å². The molecule has 1 aromatic rings. The second-order valence-corrected chi connectivity index (χ2v) is 6.71. The number of nitrogens with zero attached hydrogens (tertiary/aromatic N) is 1. The molecule has 1 aromatic carbocycles. The van der Waals surface area contributed by atoms with Gasteiger partial charge in [0.2, 0.25) is 0 Å². The zero-order chi connectivity index (χ0) is 14.7. The van der Waals surface area contributed by atoms with Gasteiger partial charge < -0.3 is 10.2 Å². The number of anilines is 1. The van der Waals surface area contributed by atoms with Gasteiger partial charge in [0.05, 0.1) is 0 Å². The fourth-order valence-electron chi connectivity index (χ4n) is 2.78. The van der Waals surface area contributed by atoms with E-state index < -0.39 is 0 Å². The SMILES string of the molecule is CCNC(C)c1cc(F)c(C)cc1N1CCSCC1C. The summed E-state index contributed by atoms with van der Waals surface area (Å²) in [6.07, 6.45) is 0. The van der Waals surface area contributed by atoms with E-state index in [4.69, 9.17) is 0 Å². The van der Waals surface area contributed by atoms with Crippen molar-refractivity contribution < 1.29 is 4.39 Å². The smallest absolute Gasteiger partial charge is 0.126 e. The Morgan fingerprint density at radius 1 is 1.50 bits per heavy atom. The van der Waals surface area contributed by atoms with Crippen LogP contribution in [0, 0.1) is 12.7 Å². The van der Waals surface area contributed by atoms with Crippen molar-refractivity contribution in [3.05, 3.63) is 29.1 Å². The molecule has 1 aliphatic heterocycles. The molecule has 0 aliphatic carbocycles. The van der Waals surface area contributed by atoms with Gasteiger partial charge in [-0.1, -0.05) is 6.92 Å². The Kier molecular flexibility index (Phi) is 5.33. The first-order valence-corrected chi connectivity index (χ1v) is 8.57. The van der Waals surface area contributed by atoms with E-state index >= 15 is 0 Å². The number of benzene rings is 1. The Bertz CT molecular complexity index is 464. The molecule has 20 heavy (non-hydrogen) atoms. The second kappa shape index (κ2) is 6.81. The molecule has 1 fully saturated rings. The second-order valence-electron chi connectivity index (χ2n) is 5.56. The van der Waals surface area contributed by atoms with Gasteiger partial charge in [0, 0.05) is 35.8 Å². The van der Waals surface area contributed by atoms with Crippen molar-refractivity contribution in [2.45, 2.75) is 39.8 Å². The fraction of sp³-hybridized carbons (Fsp3) is 0.625. The lowest BCUT2D eigenvalue weighted by Crippen LogP contribution is -2.41. The van der Waals surface area contributed by atoms with Crippen LogP contribution in [0.2, 0.25) is 0 Å². The van der Waals surface area contributed by atoms with Crippen molar-refractivity contribution in [1.29, 1.82) is 0 Å². The Morgan fingerprint density at radius 2 is 2.25 bits per heavy atom. The summed E-state index contributed by atoms with van der Waals surface area (Å²) in [5, 5.41) is 3.40. The van der Waals surface area contributed by atoms with Crippen LogP contribution in [0.5, 0.6) is 0 Å². The lowest BCUT2D eigenvalue weighted by atomic mass is 10.0. The van der Waals surface area contributed by atoms with Crippen LogP contribution >= 0.6 is 11.8 Å². The highest BCUT2D eigenvalue weighted by atomic mass is 32.2. The van der Waals surface area contributed by atoms with E-state index in [0.717, 1.165) is 35.7 Å². The van der Waals surface area contributed by atoms with Crippen molar-refractivity contribution in [2.24, 2.45) is 0 Å². The predicted molar refractivity (Wildman–Crippen MR) is 87.4 cm³/mol. The van der Waals surface area contributed by atoms with Crippen molar-refractivity contribution >= 4 is 17.4 Å². The molecule has 0 radical (unpaired) electrons. The molecule has 0 bridgehead atoms. The van der Waals surface area contributed by atoms with Gasteiger partial charge in [0.1, 0.15) is 5.82 Å². The number of aryl methyl sites for hydroxylation is 1. The molecular weight excluding hydrogens is 271 g/mol. The molecule has 4 heteroatoms. The molecule has 2 nitrogen and oxygen atoms in total. The molecule has 2 atom stereocenters. The molecular formula is C16H25FN2S. The van der Waals surface area contributed by atoms with E-state index in [-0.39, 0.29) is 11.9 Å². The zero-order valence-electron chi connectivity index (χ0n) is 12.9. The van der Waals surface area contributed by atoms with Crippen LogP contribution in [0.4, 0.5) is 10.1 Å². The average molecular weight is 296 g/mol. The first kappa shape index (κ1) is 15.6. The van der Waals surface area contributed by atoms with Crippen molar-refractivity contribution in [2.75, 3.05) is 29.5 Å². The fourth-order valence-corrected chi connectivity index (χ4v) is 3.79. The third-order valence-corrected chi connectivity index (χ3v) is 5.15. The molecule has 0 aromatic heterocycles. The van der Waals surface area contributed by atoms with Crippen LogP contribution in [0.1, 0.15) is 37.9 Å². The molecule has 0 spiro atoms. The predicted octanol–water partition coefficient (Wildman–Crippen LogP) is 3.75. The van der Waals surface area contributed by atoms with E-state index in [1.54, 1.807) is 6.07 Å². The van der Waals surface area contributed by atoms with E-state index in [1.807, 2.05) is 24.8 Å². The number of rotatable bonds is 4. The third kappa shape index (κ3) is 3.29. The maximum Gasteiger partial charge on any atom is 0.126 e. The first-order valence-electron chi connectivity index (χ1n) is 7.42. The maximum absolute atomic E-state index is 14.0. The number of hydrogen-bond acceptors (Lipinski definition) is 3. The Balaban J connectivity index is 2.41. The largest absolute Gasteiger partial charge is 0.367 e. The molecule has 0 saturated carbocycles. The summed E-state index contributed by atoms with van der Waals surface area (Å²) < 4.78 is 14.0. The van der Waals surface area contributed by atoms with E-state index in [9.17, 15) is 4.39 Å². The van der Waals surface area contributed by atoms with Gasteiger partial charge >= 0.3 is 0 Å². The minimum atomic E-state index is -0.104. The van der Waals surface area contributed by atoms with Crippen LogP contribution in [0.25, 0.3) is 0 Å². The number of nitrogens with one attached hydrogen (secondary N) is 1. The molecule has 1 heterocycles. The minimum Gasteiger partial charge on any atom is -0.367 e. The Hall–Kier alpha value is -0.740. The standard InChI is InChI=1S/C16H25FN2S/c1-5-18-13(4)14-9-15(17)11(2)8-16(14)19-6-7-20-10-12(19)3/h8-9,12-13,18H,5-7,10H2,1-4H3. The Morgan fingerprint density at radius 3 is 2.90 bits per heavy atom. The quantitative estimate of drug-likeness (QED) is 0.911. The summed E-state index contributed by atoms with van der Waals surface area (Å²) in [6.45, 7) is 10.2. The molecule has 1 aliphatic rings. The maximum atomic E-state index is 14.0. The lowest BCUT2D eigenvalue weighted by Gasteiger charge is -2.37. The van der Waals surface area contributed by atoms with Gasteiger partial charge in [0.25, 0.3) is 0 Å². The molecule has 2 unspecified atom stereocenters. The summed E-state index contributed by atoms with van der Waals surface area (Å²) in [7, 11) is 0. The topological polar surface area (TPSA) is 15.3 Å². The van der Waals surface area contributed by atoms with Crippen LogP contribution in [0.3, 0.4) is 0 Å². The van der Waals surface area contributed by atoms with Crippen molar-refractivity contribution in [3.63, 3.8) is 0 Å². The molecule has 112 valence electrons. The number of thioether (sulfide) groups is 1. The number of hydrogen-bond donors (Lipinski definition) is 1. The van der Waals surface area contributed by atoms with Crippen molar-refractivity contribution in [1.82, 2.24) is 5.32 Å². The van der Waals surface area contributed by atoms with E-state index in [0.29, 0.717) is 6.04 Å². The lowest BCUT2D eigenvalue weighted by molar-refractivity contribution is 0.574. The molecule has 1 N–H and O–H groups in total. The van der Waals surface area contributed by atoms with Crippen LogP contribution in [-0.2, 0) is 0 Å². The third-order valence-electron chi connectivity index (χ3n) is 3.96. The summed E-state index contributed by atoms with van der Waals surface area (Å²) in [5.41, 5.74) is 3.01. The van der Waals surface area contributed by atoms with Crippen LogP contribution < -0.4 is 10.2 Å². The van der Waals surface area contributed by atoms with E-state index in [1.165, 1.54) is 5.69 Å². The minimum absolute atomic E-state index is 0.104. The monoisotopic (exact) mass is 296 g/mol. The normalized spacial score (nSPS) is 21.1. The molecule has 0 amide bonds. The molecule has 1 saturated heterocycles. The van der Waals surface area contributed by atoms with Gasteiger partial charge in [-0.15, -0.1) is 0 Å². The highest BCUT2D eigenvalue weighted by Crippen LogP contribution is 2.33. The highest BCUT2D eigenvalue weighted by Gasteiger charge is 2.24. The summed E-state index contributed by atoms with van der Waals surface area (Å²) in [5.74, 6) is 2.19. The van der Waals surface area contributed by atoms with Crippen molar-refractivity contribution in [3.8, 4) is 0 Å². The molecule has 2 rings (SSSR count). The van der Waals surface area contributed by atoms with Gasteiger partial charge in [-0.25, -0.2) is 4.39 Å². The Labute approximate surface area is 126 Å². The number of halogens is 1. The van der Waals surface area contributed by atoms with Crippen LogP contribution in [-0.4, -0.2) is 30.6 Å². The van der Waals surface area contributed by atoms with Gasteiger partial charge in [0.15, 0.2) is 0 Å². The zero-order valence-corrected chi connectivity index (χ0v) is 13.7. The summed E-state index contributed by atoms with van der Waals surface area (Å²) >= 11 is 2.00. The summed E-state index contributed by atoms with van der Waals surface area (Å²) in [6, 6.07) is 4.41.